The Kier molecular flexibility index (Phi) is 14.5. The number of rotatable bonds is 21. The molecule has 0 aliphatic heterocycles. The molecule has 0 amide bonds. The highest BCUT2D eigenvalue weighted by molar-refractivity contribution is 5.29. The van der Waals surface area contributed by atoms with Crippen LogP contribution in [0.5, 0.6) is 0 Å². The molecule has 4 aromatic carbocycles. The van der Waals surface area contributed by atoms with E-state index in [9.17, 15) is 0 Å². The molecule has 0 aromatic heterocycles. The summed E-state index contributed by atoms with van der Waals surface area (Å²) in [7, 11) is 14.5. The Balaban J connectivity index is 1.38. The fraction of sp³-hybridized carbons (Fsp3) is 0.467. The van der Waals surface area contributed by atoms with Gasteiger partial charge in [-0.2, -0.15) is 0 Å². The van der Waals surface area contributed by atoms with E-state index in [-0.39, 0.29) is 0 Å². The summed E-state index contributed by atoms with van der Waals surface area (Å²) in [6, 6.07) is 40.5. The molecule has 0 aliphatic rings. The van der Waals surface area contributed by atoms with Crippen molar-refractivity contribution < 1.29 is 13.4 Å². The van der Waals surface area contributed by atoms with Crippen molar-refractivity contribution in [2.45, 2.75) is 77.4 Å². The van der Waals surface area contributed by atoms with Crippen LogP contribution < -0.4 is 0 Å². The summed E-state index contributed by atoms with van der Waals surface area (Å²) in [4.78, 5) is 0. The largest absolute Gasteiger partial charge is 0.325 e. The molecule has 0 heterocycles. The summed E-state index contributed by atoms with van der Waals surface area (Å²) in [5, 5.41) is 0. The third-order valence-corrected chi connectivity index (χ3v) is 9.91. The van der Waals surface area contributed by atoms with Crippen molar-refractivity contribution in [3.8, 4) is 0 Å². The van der Waals surface area contributed by atoms with Gasteiger partial charge in [-0.15, -0.1) is 0 Å². The standard InChI is InChI=1S/C45H66N3/c1-46(2,31-19-16-28-40-22-10-7-11-23-40)37-43-34-44(38-47(3,4)32-20-17-29-41-24-12-8-13-25-41)36-45(35-43)39-48(5,6)33-21-18-30-42-26-14-9-15-27-42/h7-15,22-27,34-36H,16-21,28-33,37-39H2,1-6H3/q+3. The lowest BCUT2D eigenvalue weighted by Crippen LogP contribution is -2.41. The van der Waals surface area contributed by atoms with Crippen molar-refractivity contribution >= 4 is 0 Å². The van der Waals surface area contributed by atoms with Crippen LogP contribution in [0.1, 0.15) is 71.9 Å². The van der Waals surface area contributed by atoms with E-state index in [0.717, 1.165) is 33.1 Å². The van der Waals surface area contributed by atoms with Crippen molar-refractivity contribution in [2.75, 3.05) is 61.9 Å². The molecule has 4 aromatic rings. The Morgan fingerprint density at radius 3 is 0.812 bits per heavy atom. The van der Waals surface area contributed by atoms with Gasteiger partial charge in [-0.3, -0.25) is 0 Å². The zero-order valence-corrected chi connectivity index (χ0v) is 31.3. The third kappa shape index (κ3) is 14.5. The van der Waals surface area contributed by atoms with Gasteiger partial charge < -0.3 is 13.4 Å². The predicted molar refractivity (Wildman–Crippen MR) is 207 cm³/mol. The van der Waals surface area contributed by atoms with Gasteiger partial charge in [0, 0.05) is 16.7 Å². The summed E-state index contributed by atoms with van der Waals surface area (Å²) >= 11 is 0. The number of hydrogen-bond donors (Lipinski definition) is 0. The van der Waals surface area contributed by atoms with E-state index >= 15 is 0 Å². The number of hydrogen-bond acceptors (Lipinski definition) is 0. The Labute approximate surface area is 294 Å². The van der Waals surface area contributed by atoms with Crippen molar-refractivity contribution in [3.05, 3.63) is 143 Å². The van der Waals surface area contributed by atoms with Crippen LogP contribution >= 0.6 is 0 Å². The van der Waals surface area contributed by atoms with Crippen LogP contribution in [0, 0.1) is 0 Å². The molecule has 0 aliphatic carbocycles. The van der Waals surface area contributed by atoms with Crippen LogP contribution in [0.15, 0.2) is 109 Å². The molecule has 0 bridgehead atoms. The molecule has 3 heteroatoms. The second-order valence-corrected chi connectivity index (χ2v) is 16.4. The summed E-state index contributed by atoms with van der Waals surface area (Å²) in [5.41, 5.74) is 8.89. The minimum Gasteiger partial charge on any atom is -0.325 e. The molecule has 48 heavy (non-hydrogen) atoms. The zero-order valence-electron chi connectivity index (χ0n) is 31.3. The zero-order chi connectivity index (χ0) is 34.3. The molecular weight excluding hydrogens is 583 g/mol. The van der Waals surface area contributed by atoms with E-state index in [2.05, 4.69) is 151 Å². The molecule has 3 nitrogen and oxygen atoms in total. The number of quaternary nitrogens is 3. The van der Waals surface area contributed by atoms with Gasteiger partial charge >= 0.3 is 0 Å². The van der Waals surface area contributed by atoms with Crippen molar-refractivity contribution in [2.24, 2.45) is 0 Å². The van der Waals surface area contributed by atoms with E-state index in [1.54, 1.807) is 0 Å². The summed E-state index contributed by atoms with van der Waals surface area (Å²) in [6.45, 7) is 6.87. The third-order valence-electron chi connectivity index (χ3n) is 9.91. The quantitative estimate of drug-likeness (QED) is 0.0624. The highest BCUT2D eigenvalue weighted by atomic mass is 15.3. The second-order valence-electron chi connectivity index (χ2n) is 16.4. The Morgan fingerprint density at radius 2 is 0.562 bits per heavy atom. The van der Waals surface area contributed by atoms with E-state index in [0.29, 0.717) is 0 Å². The summed E-state index contributed by atoms with van der Waals surface area (Å²) in [6.07, 6.45) is 11.1. The van der Waals surface area contributed by atoms with E-state index in [1.807, 2.05) is 0 Å². The van der Waals surface area contributed by atoms with Gasteiger partial charge in [-0.05, 0) is 92.7 Å². The van der Waals surface area contributed by atoms with Gasteiger partial charge in [0.1, 0.15) is 19.6 Å². The molecule has 0 saturated heterocycles. The van der Waals surface area contributed by atoms with Gasteiger partial charge in [0.2, 0.25) is 0 Å². The fourth-order valence-electron chi connectivity index (χ4n) is 7.37. The van der Waals surface area contributed by atoms with Gasteiger partial charge in [0.05, 0.1) is 61.9 Å². The Morgan fingerprint density at radius 1 is 0.312 bits per heavy atom. The lowest BCUT2D eigenvalue weighted by Gasteiger charge is -2.33. The predicted octanol–water partition coefficient (Wildman–Crippen LogP) is 9.48. The molecular formula is C45H66N3+3. The van der Waals surface area contributed by atoms with Gasteiger partial charge in [-0.25, -0.2) is 0 Å². The molecule has 0 N–H and O–H groups in total. The van der Waals surface area contributed by atoms with Crippen LogP contribution in [0.25, 0.3) is 0 Å². The first-order chi connectivity index (χ1) is 23.0. The number of aryl methyl sites for hydroxylation is 3. The Hall–Kier alpha value is -3.24. The average Bonchev–Trinajstić information content (AvgIpc) is 3.04. The fourth-order valence-corrected chi connectivity index (χ4v) is 7.37. The maximum Gasteiger partial charge on any atom is 0.104 e. The van der Waals surface area contributed by atoms with Gasteiger partial charge in [0.15, 0.2) is 0 Å². The minimum atomic E-state index is 1.03. The molecule has 0 radical (unpaired) electrons. The molecule has 0 atom stereocenters. The molecule has 4 rings (SSSR count). The first-order valence-corrected chi connectivity index (χ1v) is 18.7. The first kappa shape index (κ1) is 37.6. The lowest BCUT2D eigenvalue weighted by atomic mass is 10.0. The molecule has 0 saturated carbocycles. The van der Waals surface area contributed by atoms with Crippen molar-refractivity contribution in [1.29, 1.82) is 0 Å². The first-order valence-electron chi connectivity index (χ1n) is 18.7. The average molecular weight is 649 g/mol. The highest BCUT2D eigenvalue weighted by Crippen LogP contribution is 2.22. The monoisotopic (exact) mass is 649 g/mol. The summed E-state index contributed by atoms with van der Waals surface area (Å²) < 4.78 is 3.10. The van der Waals surface area contributed by atoms with Gasteiger partial charge in [0.25, 0.3) is 0 Å². The van der Waals surface area contributed by atoms with E-state index < -0.39 is 0 Å². The highest BCUT2D eigenvalue weighted by Gasteiger charge is 2.22. The second kappa shape index (κ2) is 18.5. The summed E-state index contributed by atoms with van der Waals surface area (Å²) in [5.74, 6) is 0. The number of nitrogens with zero attached hydrogens (tertiary/aromatic N) is 3. The van der Waals surface area contributed by atoms with E-state index in [1.165, 1.54) is 111 Å². The smallest absolute Gasteiger partial charge is 0.104 e. The van der Waals surface area contributed by atoms with Crippen LogP contribution in [0.4, 0.5) is 0 Å². The van der Waals surface area contributed by atoms with Crippen LogP contribution in [-0.2, 0) is 38.9 Å². The number of unbranched alkanes of at least 4 members (excludes halogenated alkanes) is 3. The lowest BCUT2D eigenvalue weighted by molar-refractivity contribution is -0.905. The molecule has 0 spiro atoms. The molecule has 0 unspecified atom stereocenters. The Bertz CT molecular complexity index is 1270. The van der Waals surface area contributed by atoms with Crippen LogP contribution in [0.3, 0.4) is 0 Å². The molecule has 258 valence electrons. The van der Waals surface area contributed by atoms with Crippen molar-refractivity contribution in [3.63, 3.8) is 0 Å². The number of benzene rings is 4. The maximum atomic E-state index is 2.54. The van der Waals surface area contributed by atoms with Crippen LogP contribution in [-0.4, -0.2) is 75.4 Å². The van der Waals surface area contributed by atoms with E-state index in [4.69, 9.17) is 0 Å². The SMILES string of the molecule is C[N+](C)(CCCCc1ccccc1)Cc1cc(C[N+](C)(C)CCCCc2ccccc2)cc(C[N+](C)(C)CCCCc2ccccc2)c1. The maximum absolute atomic E-state index is 2.54. The van der Waals surface area contributed by atoms with Crippen LogP contribution in [0.2, 0.25) is 0 Å². The van der Waals surface area contributed by atoms with Crippen molar-refractivity contribution in [1.82, 2.24) is 0 Å². The minimum absolute atomic E-state index is 1.03. The normalized spacial score (nSPS) is 12.4. The molecule has 0 fully saturated rings. The topological polar surface area (TPSA) is 0 Å². The van der Waals surface area contributed by atoms with Gasteiger partial charge in [-0.1, -0.05) is 91.0 Å².